The van der Waals surface area contributed by atoms with Crippen LogP contribution in [-0.2, 0) is 14.3 Å². The van der Waals surface area contributed by atoms with Crippen LogP contribution < -0.4 is 10.1 Å². The van der Waals surface area contributed by atoms with Crippen molar-refractivity contribution < 1.29 is 19.1 Å². The van der Waals surface area contributed by atoms with Crippen LogP contribution in [0.1, 0.15) is 18.9 Å². The number of methoxy groups -OCH3 is 1. The van der Waals surface area contributed by atoms with E-state index in [1.807, 2.05) is 38.1 Å². The molecule has 0 aliphatic carbocycles. The lowest BCUT2D eigenvalue weighted by Crippen LogP contribution is -2.32. The van der Waals surface area contributed by atoms with E-state index in [1.54, 1.807) is 0 Å². The number of aromatic nitrogens is 2. The number of carbonyl (C=O) groups is 2. The van der Waals surface area contributed by atoms with Gasteiger partial charge in [-0.05, 0) is 31.0 Å². The SMILES string of the molecule is CCC(Oc1cccc(C)c1)C(=O)Nc1nnc(SCC(=O)OC)s1. The topological polar surface area (TPSA) is 90.4 Å². The zero-order valence-electron chi connectivity index (χ0n) is 14.1. The number of aryl methyl sites for hydroxylation is 1. The van der Waals surface area contributed by atoms with E-state index >= 15 is 0 Å². The Hall–Kier alpha value is -2.13. The molecule has 7 nitrogen and oxygen atoms in total. The van der Waals surface area contributed by atoms with Gasteiger partial charge in [0.05, 0.1) is 12.9 Å². The summed E-state index contributed by atoms with van der Waals surface area (Å²) >= 11 is 2.40. The predicted molar refractivity (Wildman–Crippen MR) is 97.2 cm³/mol. The van der Waals surface area contributed by atoms with Crippen molar-refractivity contribution in [3.8, 4) is 5.75 Å². The molecule has 2 rings (SSSR count). The molecule has 9 heteroatoms. The maximum absolute atomic E-state index is 12.4. The number of hydrogen-bond donors (Lipinski definition) is 1. The molecular formula is C16H19N3O4S2. The van der Waals surface area contributed by atoms with E-state index in [2.05, 4.69) is 20.3 Å². The zero-order valence-corrected chi connectivity index (χ0v) is 15.8. The summed E-state index contributed by atoms with van der Waals surface area (Å²) in [7, 11) is 1.33. The molecule has 0 spiro atoms. The van der Waals surface area contributed by atoms with Gasteiger partial charge < -0.3 is 9.47 Å². The largest absolute Gasteiger partial charge is 0.481 e. The minimum atomic E-state index is -0.628. The van der Waals surface area contributed by atoms with Crippen LogP contribution in [0.4, 0.5) is 5.13 Å². The number of nitrogens with one attached hydrogen (secondary N) is 1. The Morgan fingerprint density at radius 2 is 2.16 bits per heavy atom. The van der Waals surface area contributed by atoms with Gasteiger partial charge in [0.1, 0.15) is 5.75 Å². The van der Waals surface area contributed by atoms with Crippen molar-refractivity contribution >= 4 is 40.1 Å². The van der Waals surface area contributed by atoms with Gasteiger partial charge in [0, 0.05) is 0 Å². The molecule has 1 amide bonds. The Bertz CT molecular complexity index is 736. The molecule has 0 aliphatic rings. The fourth-order valence-corrected chi connectivity index (χ4v) is 3.45. The fourth-order valence-electron chi connectivity index (χ4n) is 1.86. The van der Waals surface area contributed by atoms with Gasteiger partial charge in [-0.15, -0.1) is 10.2 Å². The van der Waals surface area contributed by atoms with E-state index in [1.165, 1.54) is 30.2 Å². The summed E-state index contributed by atoms with van der Waals surface area (Å²) in [5.74, 6) is 0.161. The highest BCUT2D eigenvalue weighted by Gasteiger charge is 2.20. The summed E-state index contributed by atoms with van der Waals surface area (Å²) in [5.41, 5.74) is 1.06. The van der Waals surface area contributed by atoms with Crippen molar-refractivity contribution in [2.75, 3.05) is 18.2 Å². The third kappa shape index (κ3) is 6.02. The smallest absolute Gasteiger partial charge is 0.316 e. The minimum Gasteiger partial charge on any atom is -0.481 e. The van der Waals surface area contributed by atoms with Crippen molar-refractivity contribution in [1.82, 2.24) is 10.2 Å². The zero-order chi connectivity index (χ0) is 18.2. The first-order chi connectivity index (χ1) is 12.0. The van der Waals surface area contributed by atoms with Crippen LogP contribution >= 0.6 is 23.1 Å². The second kappa shape index (κ2) is 9.38. The van der Waals surface area contributed by atoms with Crippen molar-refractivity contribution in [3.63, 3.8) is 0 Å². The van der Waals surface area contributed by atoms with E-state index < -0.39 is 6.10 Å². The molecule has 0 radical (unpaired) electrons. The van der Waals surface area contributed by atoms with E-state index in [0.29, 0.717) is 21.6 Å². The van der Waals surface area contributed by atoms with Crippen LogP contribution in [0.25, 0.3) is 0 Å². The average Bonchev–Trinajstić information content (AvgIpc) is 3.04. The van der Waals surface area contributed by atoms with Gasteiger partial charge in [-0.1, -0.05) is 42.2 Å². The first-order valence-electron chi connectivity index (χ1n) is 7.59. The lowest BCUT2D eigenvalue weighted by molar-refractivity contribution is -0.137. The van der Waals surface area contributed by atoms with Gasteiger partial charge in [0.25, 0.3) is 5.91 Å². The molecule has 25 heavy (non-hydrogen) atoms. The summed E-state index contributed by atoms with van der Waals surface area (Å²) in [4.78, 5) is 23.5. The Morgan fingerprint density at radius 1 is 1.36 bits per heavy atom. The Balaban J connectivity index is 1.93. The van der Waals surface area contributed by atoms with Crippen LogP contribution in [0.2, 0.25) is 0 Å². The van der Waals surface area contributed by atoms with Crippen molar-refractivity contribution in [1.29, 1.82) is 0 Å². The van der Waals surface area contributed by atoms with Crippen LogP contribution in [0, 0.1) is 6.92 Å². The fraction of sp³-hybridized carbons (Fsp3) is 0.375. The van der Waals surface area contributed by atoms with E-state index in [-0.39, 0.29) is 17.6 Å². The molecule has 1 atom stereocenters. The number of hydrogen-bond acceptors (Lipinski definition) is 8. The Kier molecular flexibility index (Phi) is 7.20. The highest BCUT2D eigenvalue weighted by Crippen LogP contribution is 2.26. The summed E-state index contributed by atoms with van der Waals surface area (Å²) < 4.78 is 10.9. The summed E-state index contributed by atoms with van der Waals surface area (Å²) in [6.45, 7) is 3.83. The van der Waals surface area contributed by atoms with Crippen LogP contribution in [0.3, 0.4) is 0 Å². The van der Waals surface area contributed by atoms with Crippen molar-refractivity contribution in [3.05, 3.63) is 29.8 Å². The number of thioether (sulfide) groups is 1. The summed E-state index contributed by atoms with van der Waals surface area (Å²) in [6, 6.07) is 7.53. The molecule has 0 fully saturated rings. The number of ether oxygens (including phenoxy) is 2. The second-order valence-electron chi connectivity index (χ2n) is 5.06. The summed E-state index contributed by atoms with van der Waals surface area (Å²) in [6.07, 6.45) is -0.112. The number of esters is 1. The van der Waals surface area contributed by atoms with E-state index in [4.69, 9.17) is 4.74 Å². The number of rotatable bonds is 8. The van der Waals surface area contributed by atoms with E-state index in [0.717, 1.165) is 5.56 Å². The van der Waals surface area contributed by atoms with Gasteiger partial charge >= 0.3 is 5.97 Å². The van der Waals surface area contributed by atoms with Gasteiger partial charge in [-0.25, -0.2) is 0 Å². The minimum absolute atomic E-state index is 0.146. The maximum Gasteiger partial charge on any atom is 0.316 e. The quantitative estimate of drug-likeness (QED) is 0.427. The highest BCUT2D eigenvalue weighted by atomic mass is 32.2. The van der Waals surface area contributed by atoms with Gasteiger partial charge in [-0.3, -0.25) is 14.9 Å². The molecule has 0 saturated heterocycles. The first-order valence-corrected chi connectivity index (χ1v) is 9.39. The number of amides is 1. The predicted octanol–water partition coefficient (Wildman–Crippen LogP) is 2.91. The molecule has 0 bridgehead atoms. The molecule has 1 N–H and O–H groups in total. The lowest BCUT2D eigenvalue weighted by atomic mass is 10.2. The molecule has 134 valence electrons. The first kappa shape index (κ1) is 19.2. The van der Waals surface area contributed by atoms with Gasteiger partial charge in [-0.2, -0.15) is 0 Å². The molecule has 1 heterocycles. The third-order valence-electron chi connectivity index (χ3n) is 3.11. The van der Waals surface area contributed by atoms with Crippen LogP contribution in [0.15, 0.2) is 28.6 Å². The monoisotopic (exact) mass is 381 g/mol. The molecule has 1 aromatic heterocycles. The Labute approximate surface area is 154 Å². The third-order valence-corrected chi connectivity index (χ3v) is 5.05. The lowest BCUT2D eigenvalue weighted by Gasteiger charge is -2.16. The molecular weight excluding hydrogens is 362 g/mol. The normalized spacial score (nSPS) is 11.6. The number of carbonyl (C=O) groups excluding carboxylic acids is 2. The number of benzene rings is 1. The van der Waals surface area contributed by atoms with Crippen LogP contribution in [0.5, 0.6) is 5.75 Å². The van der Waals surface area contributed by atoms with Crippen LogP contribution in [-0.4, -0.2) is 41.0 Å². The Morgan fingerprint density at radius 3 is 2.84 bits per heavy atom. The maximum atomic E-state index is 12.4. The standard InChI is InChI=1S/C16H19N3O4S2/c1-4-12(23-11-7-5-6-10(2)8-11)14(21)17-15-18-19-16(25-15)24-9-13(20)22-3/h5-8,12H,4,9H2,1-3H3,(H,17,18,21). The van der Waals surface area contributed by atoms with Crippen molar-refractivity contribution in [2.45, 2.75) is 30.7 Å². The second-order valence-corrected chi connectivity index (χ2v) is 7.26. The van der Waals surface area contributed by atoms with Crippen molar-refractivity contribution in [2.24, 2.45) is 0 Å². The summed E-state index contributed by atoms with van der Waals surface area (Å²) in [5, 5.41) is 10.9. The molecule has 2 aromatic rings. The van der Waals surface area contributed by atoms with Gasteiger partial charge in [0.2, 0.25) is 5.13 Å². The molecule has 0 aliphatic heterocycles. The number of nitrogens with zero attached hydrogens (tertiary/aromatic N) is 2. The van der Waals surface area contributed by atoms with Gasteiger partial charge in [0.15, 0.2) is 10.4 Å². The average molecular weight is 381 g/mol. The molecule has 0 saturated carbocycles. The molecule has 1 unspecified atom stereocenters. The molecule has 1 aromatic carbocycles. The highest BCUT2D eigenvalue weighted by molar-refractivity contribution is 8.01. The number of anilines is 1. The van der Waals surface area contributed by atoms with E-state index in [9.17, 15) is 9.59 Å².